The third-order valence-corrected chi connectivity index (χ3v) is 5.80. The molecule has 0 saturated heterocycles. The lowest BCUT2D eigenvalue weighted by Crippen LogP contribution is -2.37. The summed E-state index contributed by atoms with van der Waals surface area (Å²) in [7, 11) is 0. The fourth-order valence-corrected chi connectivity index (χ4v) is 3.91. The van der Waals surface area contributed by atoms with Gasteiger partial charge < -0.3 is 16.0 Å². The molecule has 34 heavy (non-hydrogen) atoms. The molecular weight excluding hydrogens is 424 g/mol. The van der Waals surface area contributed by atoms with Gasteiger partial charge in [-0.05, 0) is 40.7 Å². The summed E-state index contributed by atoms with van der Waals surface area (Å²) in [5.74, 6) is 0.240. The van der Waals surface area contributed by atoms with Crippen molar-refractivity contribution in [2.45, 2.75) is 45.4 Å². The van der Waals surface area contributed by atoms with Gasteiger partial charge in [-0.15, -0.1) is 0 Å². The third kappa shape index (κ3) is 6.67. The minimum Gasteiger partial charge on any atom is -0.350 e. The van der Waals surface area contributed by atoms with E-state index in [0.29, 0.717) is 18.8 Å². The lowest BCUT2D eigenvalue weighted by molar-refractivity contribution is 0.0946. The van der Waals surface area contributed by atoms with Crippen molar-refractivity contribution in [3.8, 4) is 0 Å². The normalized spacial score (nSPS) is 11.8. The van der Waals surface area contributed by atoms with Crippen LogP contribution in [0.1, 0.15) is 72.6 Å². The first kappa shape index (κ1) is 25.0. The van der Waals surface area contributed by atoms with Gasteiger partial charge in [0.25, 0.3) is 5.91 Å². The molecule has 0 aliphatic rings. The van der Waals surface area contributed by atoms with Crippen molar-refractivity contribution in [3.05, 3.63) is 95.3 Å². The molecule has 1 aromatic heterocycles. The lowest BCUT2D eigenvalue weighted by Gasteiger charge is -2.22. The van der Waals surface area contributed by atoms with E-state index < -0.39 is 0 Å². The van der Waals surface area contributed by atoms with Crippen LogP contribution in [0.3, 0.4) is 0 Å². The summed E-state index contributed by atoms with van der Waals surface area (Å²) >= 11 is 0. The van der Waals surface area contributed by atoms with Crippen LogP contribution in [0.2, 0.25) is 0 Å². The monoisotopic (exact) mass is 458 g/mol. The van der Waals surface area contributed by atoms with E-state index in [1.165, 1.54) is 0 Å². The Kier molecular flexibility index (Phi) is 8.79. The Labute approximate surface area is 202 Å². The second-order valence-corrected chi connectivity index (χ2v) is 8.99. The Balaban J connectivity index is 1.70. The predicted octanol–water partition coefficient (Wildman–Crippen LogP) is 5.66. The highest BCUT2D eigenvalue weighted by Crippen LogP contribution is 2.32. The SMILES string of the molecule is CC(C)c1cccc(C(C)C)c1NC(=O)NCC(CNC(=O)c1ccccn1)c1ccccc1. The second-order valence-electron chi connectivity index (χ2n) is 8.99. The number of carbonyl (C=O) groups is 2. The van der Waals surface area contributed by atoms with E-state index in [-0.39, 0.29) is 29.7 Å². The number of amides is 3. The van der Waals surface area contributed by atoms with E-state index in [0.717, 1.165) is 22.4 Å². The zero-order chi connectivity index (χ0) is 24.5. The van der Waals surface area contributed by atoms with Gasteiger partial charge in [0.1, 0.15) is 5.69 Å². The number of urea groups is 1. The van der Waals surface area contributed by atoms with Crippen LogP contribution < -0.4 is 16.0 Å². The molecule has 0 fully saturated rings. The zero-order valence-electron chi connectivity index (χ0n) is 20.3. The molecule has 0 radical (unpaired) electrons. The Morgan fingerprint density at radius 2 is 1.38 bits per heavy atom. The summed E-state index contributed by atoms with van der Waals surface area (Å²) in [5.41, 5.74) is 4.51. The van der Waals surface area contributed by atoms with Crippen LogP contribution in [0.25, 0.3) is 0 Å². The smallest absolute Gasteiger partial charge is 0.319 e. The van der Waals surface area contributed by atoms with E-state index in [2.05, 4.69) is 60.8 Å². The number of para-hydroxylation sites is 1. The van der Waals surface area contributed by atoms with Gasteiger partial charge in [-0.25, -0.2) is 4.79 Å². The maximum atomic E-state index is 12.9. The lowest BCUT2D eigenvalue weighted by atomic mass is 9.93. The Bertz CT molecular complexity index is 1060. The predicted molar refractivity (Wildman–Crippen MR) is 137 cm³/mol. The van der Waals surface area contributed by atoms with Crippen molar-refractivity contribution >= 4 is 17.6 Å². The average molecular weight is 459 g/mol. The van der Waals surface area contributed by atoms with Crippen molar-refractivity contribution in [2.24, 2.45) is 0 Å². The second kappa shape index (κ2) is 12.0. The number of hydrogen-bond acceptors (Lipinski definition) is 3. The van der Waals surface area contributed by atoms with Gasteiger partial charge in [0.15, 0.2) is 0 Å². The van der Waals surface area contributed by atoms with Crippen LogP contribution in [0.5, 0.6) is 0 Å². The van der Waals surface area contributed by atoms with Crippen molar-refractivity contribution in [1.82, 2.24) is 15.6 Å². The van der Waals surface area contributed by atoms with Gasteiger partial charge in [-0.1, -0.05) is 82.3 Å². The summed E-state index contributed by atoms with van der Waals surface area (Å²) in [6, 6.07) is 21.0. The molecule has 0 spiro atoms. The van der Waals surface area contributed by atoms with E-state index >= 15 is 0 Å². The highest BCUT2D eigenvalue weighted by atomic mass is 16.2. The number of nitrogens with one attached hydrogen (secondary N) is 3. The number of hydrogen-bond donors (Lipinski definition) is 3. The molecule has 1 heterocycles. The van der Waals surface area contributed by atoms with Gasteiger partial charge >= 0.3 is 6.03 Å². The number of anilines is 1. The molecule has 178 valence electrons. The molecule has 0 saturated carbocycles. The van der Waals surface area contributed by atoms with Crippen LogP contribution in [-0.2, 0) is 0 Å². The minimum atomic E-state index is -0.257. The fourth-order valence-electron chi connectivity index (χ4n) is 3.91. The van der Waals surface area contributed by atoms with Crippen molar-refractivity contribution in [2.75, 3.05) is 18.4 Å². The molecule has 3 amide bonds. The van der Waals surface area contributed by atoms with Crippen molar-refractivity contribution in [1.29, 1.82) is 0 Å². The van der Waals surface area contributed by atoms with Gasteiger partial charge in [0, 0.05) is 30.9 Å². The highest BCUT2D eigenvalue weighted by molar-refractivity contribution is 5.92. The van der Waals surface area contributed by atoms with Crippen molar-refractivity contribution < 1.29 is 9.59 Å². The molecule has 1 atom stereocenters. The van der Waals surface area contributed by atoms with E-state index in [4.69, 9.17) is 0 Å². The largest absolute Gasteiger partial charge is 0.350 e. The summed E-state index contributed by atoms with van der Waals surface area (Å²) < 4.78 is 0. The van der Waals surface area contributed by atoms with Crippen LogP contribution in [-0.4, -0.2) is 30.0 Å². The van der Waals surface area contributed by atoms with Crippen LogP contribution in [0.15, 0.2) is 72.9 Å². The first-order chi connectivity index (χ1) is 16.4. The van der Waals surface area contributed by atoms with E-state index in [1.54, 1.807) is 24.4 Å². The maximum absolute atomic E-state index is 12.9. The first-order valence-corrected chi connectivity index (χ1v) is 11.8. The number of pyridine rings is 1. The van der Waals surface area contributed by atoms with Gasteiger partial charge in [0.2, 0.25) is 0 Å². The number of aromatic nitrogens is 1. The Morgan fingerprint density at radius 3 is 1.97 bits per heavy atom. The zero-order valence-corrected chi connectivity index (χ0v) is 20.3. The minimum absolute atomic E-state index is 0.0930. The average Bonchev–Trinajstić information content (AvgIpc) is 2.84. The first-order valence-electron chi connectivity index (χ1n) is 11.8. The van der Waals surface area contributed by atoms with Gasteiger partial charge in [-0.3, -0.25) is 9.78 Å². The summed E-state index contributed by atoms with van der Waals surface area (Å²) in [6.07, 6.45) is 1.59. The van der Waals surface area contributed by atoms with Crippen molar-refractivity contribution in [3.63, 3.8) is 0 Å². The van der Waals surface area contributed by atoms with E-state index in [9.17, 15) is 9.59 Å². The fraction of sp³-hybridized carbons (Fsp3) is 0.321. The molecule has 3 aromatic rings. The number of rotatable bonds is 9. The molecule has 1 unspecified atom stereocenters. The summed E-state index contributed by atoms with van der Waals surface area (Å²) in [4.78, 5) is 29.5. The number of nitrogens with zero attached hydrogens (tertiary/aromatic N) is 1. The molecule has 2 aromatic carbocycles. The maximum Gasteiger partial charge on any atom is 0.319 e. The number of benzene rings is 2. The molecule has 0 aliphatic carbocycles. The molecule has 3 rings (SSSR count). The Morgan fingerprint density at radius 1 is 0.765 bits per heavy atom. The van der Waals surface area contributed by atoms with Crippen LogP contribution in [0.4, 0.5) is 10.5 Å². The molecule has 3 N–H and O–H groups in total. The van der Waals surface area contributed by atoms with Gasteiger partial charge in [0.05, 0.1) is 0 Å². The van der Waals surface area contributed by atoms with E-state index in [1.807, 2.05) is 36.4 Å². The summed E-state index contributed by atoms with van der Waals surface area (Å²) in [6.45, 7) is 9.24. The quantitative estimate of drug-likeness (QED) is 0.387. The molecule has 0 aliphatic heterocycles. The van der Waals surface area contributed by atoms with Crippen LogP contribution >= 0.6 is 0 Å². The molecular formula is C28H34N4O2. The molecule has 6 nitrogen and oxygen atoms in total. The van der Waals surface area contributed by atoms with Crippen LogP contribution in [0, 0.1) is 0 Å². The standard InChI is InChI=1S/C28H34N4O2/c1-19(2)23-13-10-14-24(20(3)4)26(23)32-28(34)31-18-22(21-11-6-5-7-12-21)17-30-27(33)25-15-8-9-16-29-25/h5-16,19-20,22H,17-18H2,1-4H3,(H,30,33)(H2,31,32,34). The Hall–Kier alpha value is -3.67. The number of carbonyl (C=O) groups excluding carboxylic acids is 2. The molecule has 0 bridgehead atoms. The summed E-state index contributed by atoms with van der Waals surface area (Å²) in [5, 5.41) is 9.05. The third-order valence-electron chi connectivity index (χ3n) is 5.80. The van der Waals surface area contributed by atoms with Gasteiger partial charge in [-0.2, -0.15) is 0 Å². The molecule has 6 heteroatoms. The topological polar surface area (TPSA) is 83.1 Å². The highest BCUT2D eigenvalue weighted by Gasteiger charge is 2.18.